The van der Waals surface area contributed by atoms with Gasteiger partial charge in [-0.05, 0) is 23.8 Å². The van der Waals surface area contributed by atoms with Crippen LogP contribution >= 0.6 is 23.2 Å². The molecule has 0 saturated carbocycles. The van der Waals surface area contributed by atoms with Gasteiger partial charge in [-0.2, -0.15) is 18.3 Å². The summed E-state index contributed by atoms with van der Waals surface area (Å²) in [6.45, 7) is 0. The van der Waals surface area contributed by atoms with E-state index in [0.29, 0.717) is 0 Å². The van der Waals surface area contributed by atoms with Crippen molar-refractivity contribution in [3.05, 3.63) is 69.8 Å². The van der Waals surface area contributed by atoms with E-state index in [-0.39, 0.29) is 32.6 Å². The third kappa shape index (κ3) is 3.68. The van der Waals surface area contributed by atoms with Crippen molar-refractivity contribution in [2.45, 2.75) is 6.18 Å². The summed E-state index contributed by atoms with van der Waals surface area (Å²) < 4.78 is 39.9. The number of rotatable bonds is 3. The van der Waals surface area contributed by atoms with Gasteiger partial charge in [0.05, 0.1) is 15.6 Å². The Morgan fingerprint density at radius 1 is 1.04 bits per heavy atom. The Balaban J connectivity index is 2.01. The summed E-state index contributed by atoms with van der Waals surface area (Å²) in [5.74, 6) is -0.902. The summed E-state index contributed by atoms with van der Waals surface area (Å²) >= 11 is 11.7. The second-order valence-electron chi connectivity index (χ2n) is 5.27. The Hall–Kier alpha value is -2.51. The largest absolute Gasteiger partial charge is 0.433 e. The van der Waals surface area contributed by atoms with E-state index in [1.54, 1.807) is 18.2 Å². The number of nitrogens with zero attached hydrogens (tertiary/aromatic N) is 1. The molecule has 0 bridgehead atoms. The fourth-order valence-electron chi connectivity index (χ4n) is 2.34. The molecule has 0 spiro atoms. The highest BCUT2D eigenvalue weighted by molar-refractivity contribution is 6.42. The number of amides is 1. The molecule has 1 aromatic heterocycles. The van der Waals surface area contributed by atoms with E-state index >= 15 is 0 Å². The lowest BCUT2D eigenvalue weighted by Gasteiger charge is -2.10. The molecular formula is C17H10Cl2F3N3O. The van der Waals surface area contributed by atoms with Crippen molar-refractivity contribution in [1.29, 1.82) is 0 Å². The lowest BCUT2D eigenvalue weighted by molar-refractivity contribution is -0.140. The maximum absolute atomic E-state index is 13.3. The van der Waals surface area contributed by atoms with Gasteiger partial charge in [0, 0.05) is 5.56 Å². The van der Waals surface area contributed by atoms with Crippen molar-refractivity contribution in [3.8, 4) is 11.1 Å². The Morgan fingerprint density at radius 3 is 2.35 bits per heavy atom. The van der Waals surface area contributed by atoms with Gasteiger partial charge in [0.1, 0.15) is 5.69 Å². The van der Waals surface area contributed by atoms with Crippen LogP contribution in [0.1, 0.15) is 16.1 Å². The van der Waals surface area contributed by atoms with Gasteiger partial charge in [-0.25, -0.2) is 0 Å². The predicted octanol–water partition coefficient (Wildman–Crippen LogP) is 5.65. The monoisotopic (exact) mass is 399 g/mol. The van der Waals surface area contributed by atoms with Crippen LogP contribution in [0, 0.1) is 0 Å². The minimum absolute atomic E-state index is 0.134. The summed E-state index contributed by atoms with van der Waals surface area (Å²) in [6.07, 6.45) is -4.66. The number of hydrogen-bond acceptors (Lipinski definition) is 2. The Morgan fingerprint density at radius 2 is 1.73 bits per heavy atom. The maximum atomic E-state index is 13.3. The number of hydrogen-bond donors (Lipinski definition) is 2. The Labute approximate surface area is 155 Å². The maximum Gasteiger partial charge on any atom is 0.433 e. The molecule has 0 saturated heterocycles. The average molecular weight is 400 g/mol. The van der Waals surface area contributed by atoms with Gasteiger partial charge in [0.15, 0.2) is 5.82 Å². The van der Waals surface area contributed by atoms with Crippen molar-refractivity contribution in [2.75, 3.05) is 5.32 Å². The van der Waals surface area contributed by atoms with Gasteiger partial charge < -0.3 is 5.32 Å². The van der Waals surface area contributed by atoms with Crippen molar-refractivity contribution in [3.63, 3.8) is 0 Å². The van der Waals surface area contributed by atoms with Gasteiger partial charge >= 0.3 is 6.18 Å². The molecule has 134 valence electrons. The molecule has 0 aliphatic carbocycles. The summed E-state index contributed by atoms with van der Waals surface area (Å²) in [5, 5.41) is 8.37. The number of anilines is 1. The van der Waals surface area contributed by atoms with Crippen molar-refractivity contribution < 1.29 is 18.0 Å². The lowest BCUT2D eigenvalue weighted by Crippen LogP contribution is -2.13. The second-order valence-corrected chi connectivity index (χ2v) is 6.08. The molecule has 2 N–H and O–H groups in total. The summed E-state index contributed by atoms with van der Waals surface area (Å²) in [6, 6.07) is 12.0. The van der Waals surface area contributed by atoms with Crippen LogP contribution in [-0.2, 0) is 6.18 Å². The minimum Gasteiger partial charge on any atom is -0.305 e. The first-order valence-electron chi connectivity index (χ1n) is 7.24. The van der Waals surface area contributed by atoms with Crippen molar-refractivity contribution in [2.24, 2.45) is 0 Å². The number of H-pyrrole nitrogens is 1. The fraction of sp³-hybridized carbons (Fsp3) is 0.0588. The fourth-order valence-corrected chi connectivity index (χ4v) is 2.64. The van der Waals surface area contributed by atoms with Gasteiger partial charge in [-0.1, -0.05) is 53.5 Å². The zero-order valence-corrected chi connectivity index (χ0v) is 14.4. The highest BCUT2D eigenvalue weighted by atomic mass is 35.5. The smallest absolute Gasteiger partial charge is 0.305 e. The van der Waals surface area contributed by atoms with E-state index in [1.807, 2.05) is 5.10 Å². The number of carbonyl (C=O) groups excluding carboxylic acids is 1. The molecule has 9 heteroatoms. The van der Waals surface area contributed by atoms with Crippen molar-refractivity contribution >= 4 is 34.9 Å². The molecule has 0 atom stereocenters. The van der Waals surface area contributed by atoms with Crippen LogP contribution in [0.2, 0.25) is 10.0 Å². The van der Waals surface area contributed by atoms with Crippen LogP contribution in [0.15, 0.2) is 48.5 Å². The Kier molecular flexibility index (Phi) is 4.93. The molecule has 2 aromatic carbocycles. The Bertz CT molecular complexity index is 956. The van der Waals surface area contributed by atoms with Crippen LogP contribution in [0.3, 0.4) is 0 Å². The van der Waals surface area contributed by atoms with Crippen LogP contribution in [-0.4, -0.2) is 16.1 Å². The van der Waals surface area contributed by atoms with Crippen LogP contribution < -0.4 is 5.32 Å². The van der Waals surface area contributed by atoms with E-state index in [4.69, 9.17) is 23.2 Å². The number of aromatic nitrogens is 2. The standard InChI is InChI=1S/C17H10Cl2F3N3O/c18-11-7-6-10(8-12(11)19)16(26)23-15-13(9-4-2-1-3-5-9)14(24-25-15)17(20,21)22/h1-8H,(H2,23,24,25,26). The zero-order chi connectivity index (χ0) is 18.9. The first kappa shape index (κ1) is 18.3. The topological polar surface area (TPSA) is 57.8 Å². The molecular weight excluding hydrogens is 390 g/mol. The first-order valence-corrected chi connectivity index (χ1v) is 8.00. The van der Waals surface area contributed by atoms with Gasteiger partial charge in [0.2, 0.25) is 0 Å². The highest BCUT2D eigenvalue weighted by Crippen LogP contribution is 2.39. The molecule has 3 rings (SSSR count). The third-order valence-electron chi connectivity index (χ3n) is 3.53. The lowest BCUT2D eigenvalue weighted by atomic mass is 10.0. The van der Waals surface area contributed by atoms with Gasteiger partial charge in [-0.3, -0.25) is 9.89 Å². The quantitative estimate of drug-likeness (QED) is 0.597. The number of carbonyl (C=O) groups is 1. The SMILES string of the molecule is O=C(Nc1n[nH]c(C(F)(F)F)c1-c1ccccc1)c1ccc(Cl)c(Cl)c1. The number of aromatic amines is 1. The number of nitrogens with one attached hydrogen (secondary N) is 2. The molecule has 26 heavy (non-hydrogen) atoms. The first-order chi connectivity index (χ1) is 12.3. The average Bonchev–Trinajstić information content (AvgIpc) is 3.02. The van der Waals surface area contributed by atoms with E-state index in [9.17, 15) is 18.0 Å². The zero-order valence-electron chi connectivity index (χ0n) is 12.9. The van der Waals surface area contributed by atoms with Crippen LogP contribution in [0.5, 0.6) is 0 Å². The summed E-state index contributed by atoms with van der Waals surface area (Å²) in [4.78, 5) is 12.4. The molecule has 4 nitrogen and oxygen atoms in total. The molecule has 1 amide bonds. The number of alkyl halides is 3. The van der Waals surface area contributed by atoms with E-state index in [0.717, 1.165) is 0 Å². The molecule has 1 heterocycles. The second kappa shape index (κ2) is 7.01. The van der Waals surface area contributed by atoms with Crippen LogP contribution in [0.25, 0.3) is 11.1 Å². The van der Waals surface area contributed by atoms with E-state index < -0.39 is 17.8 Å². The molecule has 3 aromatic rings. The number of halogens is 5. The van der Waals surface area contributed by atoms with Crippen LogP contribution in [0.4, 0.5) is 19.0 Å². The van der Waals surface area contributed by atoms with Gasteiger partial charge in [0.25, 0.3) is 5.91 Å². The van der Waals surface area contributed by atoms with Crippen molar-refractivity contribution in [1.82, 2.24) is 10.2 Å². The highest BCUT2D eigenvalue weighted by Gasteiger charge is 2.38. The number of benzene rings is 2. The summed E-state index contributed by atoms with van der Waals surface area (Å²) in [7, 11) is 0. The molecule has 0 unspecified atom stereocenters. The third-order valence-corrected chi connectivity index (χ3v) is 4.27. The normalized spacial score (nSPS) is 11.4. The minimum atomic E-state index is -4.66. The van der Waals surface area contributed by atoms with E-state index in [1.165, 1.54) is 30.3 Å². The molecule has 0 aliphatic rings. The molecule has 0 aliphatic heterocycles. The molecule has 0 fully saturated rings. The summed E-state index contributed by atoms with van der Waals surface area (Å²) in [5.41, 5.74) is -0.896. The predicted molar refractivity (Wildman–Crippen MR) is 93.4 cm³/mol. The van der Waals surface area contributed by atoms with Gasteiger partial charge in [-0.15, -0.1) is 0 Å². The van der Waals surface area contributed by atoms with E-state index in [2.05, 4.69) is 10.4 Å². The molecule has 0 radical (unpaired) electrons.